The zero-order chi connectivity index (χ0) is 27.7. The molecular formula is C25H34N6O6S. The fourth-order valence-corrected chi connectivity index (χ4v) is 4.81. The van der Waals surface area contributed by atoms with Crippen molar-refractivity contribution >= 4 is 35.5 Å². The van der Waals surface area contributed by atoms with Crippen molar-refractivity contribution in [3.63, 3.8) is 0 Å². The predicted octanol–water partition coefficient (Wildman–Crippen LogP) is 0.0261. The van der Waals surface area contributed by atoms with E-state index in [0.29, 0.717) is 42.8 Å². The van der Waals surface area contributed by atoms with Gasteiger partial charge in [0.25, 0.3) is 0 Å². The number of carboxylic acids is 1. The van der Waals surface area contributed by atoms with E-state index in [0.717, 1.165) is 0 Å². The number of thioether (sulfide) groups is 1. The van der Waals surface area contributed by atoms with E-state index in [2.05, 4.69) is 20.6 Å². The molecule has 0 aliphatic carbocycles. The maximum Gasteiger partial charge on any atom is 0.326 e. The Morgan fingerprint density at radius 2 is 1.87 bits per heavy atom. The van der Waals surface area contributed by atoms with Crippen molar-refractivity contribution in [2.75, 3.05) is 18.6 Å². The fraction of sp³-hybridized carbons (Fsp3) is 0.480. The molecule has 1 saturated heterocycles. The number of imidazole rings is 1. The number of aliphatic carboxylic acids is 1. The van der Waals surface area contributed by atoms with Gasteiger partial charge in [-0.15, -0.1) is 0 Å². The van der Waals surface area contributed by atoms with Crippen molar-refractivity contribution in [2.24, 2.45) is 5.73 Å². The van der Waals surface area contributed by atoms with E-state index in [9.17, 15) is 29.4 Å². The average Bonchev–Trinajstić information content (AvgIpc) is 3.59. The van der Waals surface area contributed by atoms with Crippen LogP contribution in [0.3, 0.4) is 0 Å². The molecule has 1 aromatic carbocycles. The number of likely N-dealkylation sites (tertiary alicyclic amines) is 1. The molecule has 3 amide bonds. The summed E-state index contributed by atoms with van der Waals surface area (Å²) in [6, 6.07) is 2.30. The number of rotatable bonds is 13. The van der Waals surface area contributed by atoms with E-state index in [1.54, 1.807) is 18.3 Å². The van der Waals surface area contributed by atoms with Crippen LogP contribution in [0.4, 0.5) is 0 Å². The molecule has 2 aromatic rings. The highest BCUT2D eigenvalue weighted by Gasteiger charge is 2.38. The molecule has 1 fully saturated rings. The number of amides is 3. The smallest absolute Gasteiger partial charge is 0.326 e. The zero-order valence-corrected chi connectivity index (χ0v) is 21.9. The summed E-state index contributed by atoms with van der Waals surface area (Å²) < 4.78 is 0. The topological polar surface area (TPSA) is 191 Å². The SMILES string of the molecule is CSCCC(NC(=O)C(Cc1ccc(O)cc1)NC(=O)C(N)Cc1cnc[nH]1)C(=O)N1CCCC1C(=O)O. The predicted molar refractivity (Wildman–Crippen MR) is 141 cm³/mol. The van der Waals surface area contributed by atoms with Gasteiger partial charge in [-0.1, -0.05) is 12.1 Å². The first kappa shape index (κ1) is 29.0. The normalized spacial score (nSPS) is 17.4. The molecule has 1 aliphatic heterocycles. The monoisotopic (exact) mass is 546 g/mol. The summed E-state index contributed by atoms with van der Waals surface area (Å²) in [6.07, 6.45) is 6.39. The molecule has 0 spiro atoms. The van der Waals surface area contributed by atoms with Crippen molar-refractivity contribution in [3.8, 4) is 5.75 Å². The Labute approximate surface area is 224 Å². The van der Waals surface area contributed by atoms with Gasteiger partial charge >= 0.3 is 5.97 Å². The minimum Gasteiger partial charge on any atom is -0.508 e. The molecule has 1 aliphatic rings. The quantitative estimate of drug-likeness (QED) is 0.201. The number of aromatic hydroxyl groups is 1. The average molecular weight is 547 g/mol. The lowest BCUT2D eigenvalue weighted by Gasteiger charge is -2.29. The standard InChI is InChI=1S/C25H34N6O6S/c1-38-10-8-19(24(35)31-9-2-3-21(31)25(36)37)29-23(34)20(11-15-4-6-17(32)7-5-15)30-22(33)18(26)12-16-13-27-14-28-16/h4-7,13-14,18-21,32H,2-3,8-12,26H2,1H3,(H,27,28)(H,29,34)(H,30,33)(H,36,37). The Morgan fingerprint density at radius 1 is 1.16 bits per heavy atom. The first-order chi connectivity index (χ1) is 18.2. The Morgan fingerprint density at radius 3 is 2.50 bits per heavy atom. The van der Waals surface area contributed by atoms with E-state index in [1.165, 1.54) is 35.1 Å². The van der Waals surface area contributed by atoms with Crippen LogP contribution in [0.2, 0.25) is 0 Å². The Kier molecular flexibility index (Phi) is 10.5. The number of benzene rings is 1. The van der Waals surface area contributed by atoms with Crippen LogP contribution in [-0.2, 0) is 32.0 Å². The third-order valence-corrected chi connectivity index (χ3v) is 7.03. The Bertz CT molecular complexity index is 1100. The van der Waals surface area contributed by atoms with Gasteiger partial charge in [0.15, 0.2) is 0 Å². The summed E-state index contributed by atoms with van der Waals surface area (Å²) in [6.45, 7) is 0.303. The highest BCUT2D eigenvalue weighted by molar-refractivity contribution is 7.98. The van der Waals surface area contributed by atoms with Crippen molar-refractivity contribution in [2.45, 2.75) is 56.3 Å². The zero-order valence-electron chi connectivity index (χ0n) is 21.1. The van der Waals surface area contributed by atoms with Crippen LogP contribution in [0.15, 0.2) is 36.8 Å². The third kappa shape index (κ3) is 7.96. The third-order valence-electron chi connectivity index (χ3n) is 6.39. The number of nitrogens with zero attached hydrogens (tertiary/aromatic N) is 2. The van der Waals surface area contributed by atoms with Crippen LogP contribution in [0.1, 0.15) is 30.5 Å². The van der Waals surface area contributed by atoms with Crippen molar-refractivity contribution in [3.05, 3.63) is 48.0 Å². The van der Waals surface area contributed by atoms with E-state index < -0.39 is 47.9 Å². The van der Waals surface area contributed by atoms with Gasteiger partial charge in [-0.05, 0) is 49.0 Å². The number of nitrogens with one attached hydrogen (secondary N) is 3. The summed E-state index contributed by atoms with van der Waals surface area (Å²) >= 11 is 1.50. The first-order valence-electron chi connectivity index (χ1n) is 12.3. The molecule has 0 saturated carbocycles. The van der Waals surface area contributed by atoms with E-state index in [4.69, 9.17) is 5.73 Å². The molecule has 1 aromatic heterocycles. The number of phenols is 1. The minimum absolute atomic E-state index is 0.0571. The first-order valence-corrected chi connectivity index (χ1v) is 13.7. The van der Waals surface area contributed by atoms with Crippen molar-refractivity contribution in [1.29, 1.82) is 0 Å². The number of nitrogens with two attached hydrogens (primary N) is 1. The largest absolute Gasteiger partial charge is 0.508 e. The fourth-order valence-electron chi connectivity index (χ4n) is 4.33. The van der Waals surface area contributed by atoms with Gasteiger partial charge in [0.05, 0.1) is 12.4 Å². The molecule has 0 radical (unpaired) electrons. The van der Waals surface area contributed by atoms with E-state index in [-0.39, 0.29) is 18.6 Å². The second-order valence-electron chi connectivity index (χ2n) is 9.19. The summed E-state index contributed by atoms with van der Waals surface area (Å²) in [5.41, 5.74) is 7.40. The lowest BCUT2D eigenvalue weighted by molar-refractivity contribution is -0.149. The minimum atomic E-state index is -1.07. The highest BCUT2D eigenvalue weighted by atomic mass is 32.2. The number of carbonyl (C=O) groups is 4. The van der Waals surface area contributed by atoms with Crippen LogP contribution < -0.4 is 16.4 Å². The van der Waals surface area contributed by atoms with E-state index >= 15 is 0 Å². The van der Waals surface area contributed by atoms with Crippen LogP contribution >= 0.6 is 11.8 Å². The van der Waals surface area contributed by atoms with Crippen molar-refractivity contribution in [1.82, 2.24) is 25.5 Å². The van der Waals surface area contributed by atoms with Gasteiger partial charge in [0, 0.05) is 31.3 Å². The number of carbonyl (C=O) groups excluding carboxylic acids is 3. The number of carboxylic acid groups (broad SMARTS) is 1. The molecule has 12 nitrogen and oxygen atoms in total. The molecule has 4 unspecified atom stereocenters. The molecule has 7 N–H and O–H groups in total. The maximum absolute atomic E-state index is 13.5. The van der Waals surface area contributed by atoms with Gasteiger partial charge in [-0.25, -0.2) is 9.78 Å². The maximum atomic E-state index is 13.5. The molecule has 2 heterocycles. The second-order valence-corrected chi connectivity index (χ2v) is 10.2. The Balaban J connectivity index is 1.77. The molecule has 206 valence electrons. The molecule has 38 heavy (non-hydrogen) atoms. The van der Waals surface area contributed by atoms with Gasteiger partial charge in [0.2, 0.25) is 17.7 Å². The van der Waals surface area contributed by atoms with Gasteiger partial charge in [-0.3, -0.25) is 14.4 Å². The van der Waals surface area contributed by atoms with Crippen LogP contribution in [0, 0.1) is 0 Å². The lowest BCUT2D eigenvalue weighted by Crippen LogP contribution is -2.58. The summed E-state index contributed by atoms with van der Waals surface area (Å²) in [5, 5.41) is 24.6. The molecular weight excluding hydrogens is 512 g/mol. The summed E-state index contributed by atoms with van der Waals surface area (Å²) in [4.78, 5) is 59.4. The number of hydrogen-bond acceptors (Lipinski definition) is 8. The van der Waals surface area contributed by atoms with Crippen LogP contribution in [0.5, 0.6) is 5.75 Å². The summed E-state index contributed by atoms with van der Waals surface area (Å²) in [5.74, 6) is -2.06. The molecule has 13 heteroatoms. The molecule has 0 bridgehead atoms. The Hall–Kier alpha value is -3.58. The number of aromatic amines is 1. The van der Waals surface area contributed by atoms with Gasteiger partial charge in [-0.2, -0.15) is 11.8 Å². The van der Waals surface area contributed by atoms with Crippen molar-refractivity contribution < 1.29 is 29.4 Å². The van der Waals surface area contributed by atoms with Gasteiger partial charge < -0.3 is 36.5 Å². The number of aromatic nitrogens is 2. The summed E-state index contributed by atoms with van der Waals surface area (Å²) in [7, 11) is 0. The second kappa shape index (κ2) is 13.8. The molecule has 4 atom stereocenters. The van der Waals surface area contributed by atoms with Gasteiger partial charge in [0.1, 0.15) is 23.9 Å². The van der Waals surface area contributed by atoms with E-state index in [1.807, 2.05) is 6.26 Å². The number of H-pyrrole nitrogens is 1. The number of phenolic OH excluding ortho intramolecular Hbond substituents is 1. The van der Waals surface area contributed by atoms with Crippen LogP contribution in [0.25, 0.3) is 0 Å². The van der Waals surface area contributed by atoms with Crippen LogP contribution in [-0.4, -0.2) is 91.5 Å². The molecule has 3 rings (SSSR count). The lowest BCUT2D eigenvalue weighted by atomic mass is 10.0. The number of hydrogen-bond donors (Lipinski definition) is 6. The highest BCUT2D eigenvalue weighted by Crippen LogP contribution is 2.20.